The van der Waals surface area contributed by atoms with E-state index < -0.39 is 60.3 Å². The maximum absolute atomic E-state index is 13.8. The number of halogens is 9. The molecule has 2 aliphatic rings. The lowest BCUT2D eigenvalue weighted by atomic mass is 9.91. The van der Waals surface area contributed by atoms with E-state index in [2.05, 4.69) is 36.5 Å². The van der Waals surface area contributed by atoms with Crippen molar-refractivity contribution in [3.63, 3.8) is 0 Å². The monoisotopic (exact) mass is 1130 g/mol. The number of benzene rings is 2. The van der Waals surface area contributed by atoms with Crippen molar-refractivity contribution in [2.24, 2.45) is 28.1 Å². The molecule has 2 aliphatic heterocycles. The Morgan fingerprint density at radius 3 is 1.74 bits per heavy atom. The zero-order chi connectivity index (χ0) is 59.4. The van der Waals surface area contributed by atoms with E-state index in [0.717, 1.165) is 45.2 Å². The van der Waals surface area contributed by atoms with E-state index in [0.29, 0.717) is 67.3 Å². The number of nitrogens with zero attached hydrogens (tertiary/aromatic N) is 3. The van der Waals surface area contributed by atoms with Crippen LogP contribution in [0.1, 0.15) is 81.5 Å². The summed E-state index contributed by atoms with van der Waals surface area (Å²) in [6, 6.07) is 12.7. The summed E-state index contributed by atoms with van der Waals surface area (Å²) < 4.78 is 95.2. The molecule has 1 saturated heterocycles. The van der Waals surface area contributed by atoms with Gasteiger partial charge in [-0.05, 0) is 101 Å². The Labute approximate surface area is 439 Å². The van der Waals surface area contributed by atoms with Gasteiger partial charge in [-0.3, -0.25) is 43.6 Å². The number of para-hydroxylation sites is 3. The molecule has 0 saturated carbocycles. The molecule has 14 N–H and O–H groups in total. The summed E-state index contributed by atoms with van der Waals surface area (Å²) in [7, 11) is 0. The van der Waals surface area contributed by atoms with Crippen molar-refractivity contribution in [3.05, 3.63) is 54.1 Å². The van der Waals surface area contributed by atoms with Crippen molar-refractivity contribution in [2.45, 2.75) is 102 Å². The number of nitrogens with one attached hydrogen (secondary N) is 5. The van der Waals surface area contributed by atoms with Gasteiger partial charge in [-0.15, -0.1) is 0 Å². The number of rotatable bonds is 21. The average molecular weight is 1130 g/mol. The maximum atomic E-state index is 13.8. The summed E-state index contributed by atoms with van der Waals surface area (Å²) in [4.78, 5) is 112. The normalized spacial score (nSPS) is 14.1. The highest BCUT2D eigenvalue weighted by Gasteiger charge is 2.40. The van der Waals surface area contributed by atoms with Gasteiger partial charge in [-0.25, -0.2) is 14.4 Å². The number of anilines is 3. The first-order chi connectivity index (χ1) is 36.3. The lowest BCUT2D eigenvalue weighted by Crippen LogP contribution is -2.54. The minimum atomic E-state index is -5.08. The predicted octanol–water partition coefficient (Wildman–Crippen LogP) is 3.10. The van der Waals surface area contributed by atoms with Crippen LogP contribution in [0.5, 0.6) is 0 Å². The Balaban J connectivity index is 0.00000121. The van der Waals surface area contributed by atoms with Gasteiger partial charge in [0, 0.05) is 20.0 Å². The fourth-order valence-corrected chi connectivity index (χ4v) is 7.11. The van der Waals surface area contributed by atoms with Crippen LogP contribution in [0, 0.1) is 5.92 Å². The number of guanidine groups is 1. The van der Waals surface area contributed by atoms with E-state index >= 15 is 0 Å². The molecule has 4 rings (SSSR count). The number of carboxylic acids is 3. The minimum absolute atomic E-state index is 0.0854. The van der Waals surface area contributed by atoms with Gasteiger partial charge in [0.1, 0.15) is 12.1 Å². The number of carbonyl (C=O) groups is 9. The van der Waals surface area contributed by atoms with E-state index in [-0.39, 0.29) is 55.6 Å². The molecular formula is C46H62F9N11O12. The second-order valence-corrected chi connectivity index (χ2v) is 17.0. The van der Waals surface area contributed by atoms with Gasteiger partial charge in [-0.1, -0.05) is 37.1 Å². The molecule has 0 spiro atoms. The van der Waals surface area contributed by atoms with E-state index in [1.807, 2.05) is 24.3 Å². The largest absolute Gasteiger partial charge is 0.490 e. The number of likely N-dealkylation sites (tertiary alicyclic amines) is 1. The molecule has 2 aromatic rings. The number of piperidine rings is 1. The van der Waals surface area contributed by atoms with Crippen molar-refractivity contribution >= 4 is 76.4 Å². The van der Waals surface area contributed by atoms with Gasteiger partial charge in [0.2, 0.25) is 29.5 Å². The number of alkyl halides is 9. The van der Waals surface area contributed by atoms with E-state index in [4.69, 9.17) is 46.9 Å². The van der Waals surface area contributed by atoms with E-state index in [1.165, 1.54) is 6.92 Å². The zero-order valence-electron chi connectivity index (χ0n) is 41.9. The second-order valence-electron chi connectivity index (χ2n) is 17.0. The molecule has 6 amide bonds. The molecule has 0 aliphatic carbocycles. The third-order valence-electron chi connectivity index (χ3n) is 10.8. The van der Waals surface area contributed by atoms with Crippen LogP contribution in [0.15, 0.2) is 53.5 Å². The van der Waals surface area contributed by atoms with E-state index in [9.17, 15) is 68.3 Å². The van der Waals surface area contributed by atoms with Crippen LogP contribution in [0.3, 0.4) is 0 Å². The lowest BCUT2D eigenvalue weighted by molar-refractivity contribution is -0.193. The van der Waals surface area contributed by atoms with Crippen molar-refractivity contribution in [1.29, 1.82) is 0 Å². The lowest BCUT2D eigenvalue weighted by Gasteiger charge is -2.33. The Kier molecular flexibility index (Phi) is 29.2. The fourth-order valence-electron chi connectivity index (χ4n) is 7.11. The van der Waals surface area contributed by atoms with Crippen molar-refractivity contribution in [2.75, 3.05) is 56.0 Å². The summed E-state index contributed by atoms with van der Waals surface area (Å²) in [5.74, 6) is -9.94. The van der Waals surface area contributed by atoms with Gasteiger partial charge < -0.3 is 59.1 Å². The summed E-state index contributed by atoms with van der Waals surface area (Å²) >= 11 is 0. The molecule has 0 unspecified atom stereocenters. The Morgan fingerprint density at radius 1 is 0.705 bits per heavy atom. The molecule has 1 fully saturated rings. The maximum Gasteiger partial charge on any atom is 0.490 e. The first-order valence-electron chi connectivity index (χ1n) is 23.6. The Morgan fingerprint density at radius 2 is 1.22 bits per heavy atom. The summed E-state index contributed by atoms with van der Waals surface area (Å²) in [5, 5.41) is 35.1. The van der Waals surface area contributed by atoms with Crippen LogP contribution < -0.4 is 48.7 Å². The molecule has 2 aromatic carbocycles. The van der Waals surface area contributed by atoms with Gasteiger partial charge >= 0.3 is 36.4 Å². The number of carboxylic acid groups (broad SMARTS) is 3. The molecule has 23 nitrogen and oxygen atoms in total. The molecule has 0 radical (unpaired) electrons. The number of unbranched alkanes of at least 4 members (excludes halogenated alkanes) is 2. The third-order valence-corrected chi connectivity index (χ3v) is 10.8. The Bertz CT molecular complexity index is 2310. The van der Waals surface area contributed by atoms with Crippen LogP contribution in [0.4, 0.5) is 56.6 Å². The van der Waals surface area contributed by atoms with Crippen LogP contribution in [-0.4, -0.2) is 156 Å². The van der Waals surface area contributed by atoms with Gasteiger partial charge in [-0.2, -0.15) is 39.5 Å². The van der Waals surface area contributed by atoms with Crippen molar-refractivity contribution < 1.29 is 98.0 Å². The highest BCUT2D eigenvalue weighted by atomic mass is 19.4. The molecule has 32 heteroatoms. The first-order valence-corrected chi connectivity index (χ1v) is 23.6. The zero-order valence-corrected chi connectivity index (χ0v) is 41.9. The van der Waals surface area contributed by atoms with Gasteiger partial charge in [0.05, 0.1) is 35.7 Å². The molecule has 78 heavy (non-hydrogen) atoms. The van der Waals surface area contributed by atoms with Crippen molar-refractivity contribution in [1.82, 2.24) is 26.2 Å². The topological polar surface area (TPSA) is 371 Å². The molecular weight excluding hydrogens is 1070 g/mol. The fraction of sp³-hybridized carbons (Fsp3) is 0.522. The number of hydrogen-bond donors (Lipinski definition) is 11. The minimum Gasteiger partial charge on any atom is -0.475 e. The molecule has 0 aromatic heterocycles. The number of fused-ring (bicyclic) bond motifs is 2. The quantitative estimate of drug-likeness (QED) is 0.0370. The summed E-state index contributed by atoms with van der Waals surface area (Å²) in [5.41, 5.74) is 18.7. The number of aliphatic carboxylic acids is 3. The highest BCUT2D eigenvalue weighted by Crippen LogP contribution is 2.38. The van der Waals surface area contributed by atoms with E-state index in [1.54, 1.807) is 29.2 Å². The number of carbonyl (C=O) groups excluding carboxylic acids is 6. The number of hydrogen-bond acceptors (Lipinski definition) is 12. The van der Waals surface area contributed by atoms with Crippen molar-refractivity contribution in [3.8, 4) is 0 Å². The number of nitrogens with two attached hydrogens (primary N) is 3. The summed E-state index contributed by atoms with van der Waals surface area (Å²) in [6.07, 6.45) is -8.37. The Hall–Kier alpha value is -7.77. The molecule has 436 valence electrons. The van der Waals surface area contributed by atoms with Crippen LogP contribution in [0.25, 0.3) is 0 Å². The smallest absolute Gasteiger partial charge is 0.475 e. The second kappa shape index (κ2) is 33.4. The molecule has 2 heterocycles. The average Bonchev–Trinajstić information content (AvgIpc) is 3.47. The first kappa shape index (κ1) is 68.2. The van der Waals surface area contributed by atoms with Gasteiger partial charge in [0.25, 0.3) is 5.91 Å². The standard InChI is InChI=1S/C40H59N11O6.3C2HF3O2/c1-27(52)47-32(14-6-8-20-41)39(57)49-31(15-10-22-45-40(42)43)38(56)46-25-35(53)44-21-9-7-11-28-18-23-50(24-19-28)26-36(54)51-33-16-4-2-12-29(33)37(55)48-30-13-3-5-17-34(30)51;3*3-2(4,5)1(6)7/h2-5,12-13,16-17,28,31-32H,6-11,14-15,18-26,41H2,1H3,(H,44,53)(H,46,56)(H,47,52)(H,48,55)(H,49,57)(H4,42,43,45);3*(H,6,7)/t31-,32-;;;/m0.../s1. The van der Waals surface area contributed by atoms with Crippen LogP contribution in [-0.2, 0) is 38.4 Å². The highest BCUT2D eigenvalue weighted by molar-refractivity contribution is 6.18. The number of aliphatic imine (C=N–C) groups is 1. The number of amides is 6. The van der Waals surface area contributed by atoms with Gasteiger partial charge in [0.15, 0.2) is 5.96 Å². The SMILES string of the molecule is CC(=O)N[C@@H](CCCCN)C(=O)N[C@@H](CCCN=C(N)N)C(=O)NCC(=O)NCCCCC1CCN(CC(=O)N2c3ccccc3NC(=O)c3ccccc32)CC1.O=C(O)C(F)(F)F.O=C(O)C(F)(F)F.O=C(O)C(F)(F)F. The molecule has 2 atom stereocenters. The van der Waals surface area contributed by atoms with Crippen LogP contribution >= 0.6 is 0 Å². The third kappa shape index (κ3) is 26.8. The predicted molar refractivity (Wildman–Crippen MR) is 260 cm³/mol. The summed E-state index contributed by atoms with van der Waals surface area (Å²) in [6.45, 7) is 4.03. The van der Waals surface area contributed by atoms with Crippen LogP contribution in [0.2, 0.25) is 0 Å². The molecule has 0 bridgehead atoms.